The summed E-state index contributed by atoms with van der Waals surface area (Å²) in [7, 11) is 0. The smallest absolute Gasteiger partial charge is 0.358 e. The number of thiazole rings is 1. The number of nitrogens with one attached hydrogen (secondary N) is 1. The van der Waals surface area contributed by atoms with Gasteiger partial charge in [-0.15, -0.1) is 11.3 Å². The van der Waals surface area contributed by atoms with Gasteiger partial charge in [0.05, 0.1) is 0 Å². The highest BCUT2D eigenvalue weighted by atomic mass is 32.1. The highest BCUT2D eigenvalue weighted by molar-refractivity contribution is 7.13. The first-order valence-electron chi connectivity index (χ1n) is 7.07. The van der Waals surface area contributed by atoms with Crippen LogP contribution in [0.25, 0.3) is 10.6 Å². The molecule has 116 valence electrons. The molecule has 2 aromatic rings. The Morgan fingerprint density at radius 3 is 2.73 bits per heavy atom. The maximum Gasteiger partial charge on any atom is 0.358 e. The molecular weight excluding hydrogens is 300 g/mol. The van der Waals surface area contributed by atoms with Crippen LogP contribution in [0.4, 0.5) is 0 Å². The number of ether oxygens (including phenoxy) is 1. The Hall–Kier alpha value is -2.21. The molecule has 1 aromatic heterocycles. The number of rotatable bonds is 6. The number of carbonyl (C=O) groups excluding carboxylic acids is 2. The van der Waals surface area contributed by atoms with Gasteiger partial charge < -0.3 is 10.1 Å². The lowest BCUT2D eigenvalue weighted by Gasteiger charge is -2.10. The van der Waals surface area contributed by atoms with Crippen LogP contribution in [-0.4, -0.2) is 29.5 Å². The standard InChI is InChI=1S/C16H18N2O3S/c1-3-11(2)17-14(19)9-21-16(20)13-10-22-15(18-13)12-7-5-4-6-8-12/h4-8,10-11H,3,9H2,1-2H3,(H,17,19). The molecule has 0 saturated heterocycles. The van der Waals surface area contributed by atoms with E-state index in [-0.39, 0.29) is 24.2 Å². The number of nitrogens with zero attached hydrogens (tertiary/aromatic N) is 1. The second-order valence-electron chi connectivity index (χ2n) is 4.86. The second-order valence-corrected chi connectivity index (χ2v) is 5.71. The van der Waals surface area contributed by atoms with E-state index in [9.17, 15) is 9.59 Å². The number of hydrogen-bond acceptors (Lipinski definition) is 5. The van der Waals surface area contributed by atoms with E-state index >= 15 is 0 Å². The Labute approximate surface area is 133 Å². The fourth-order valence-corrected chi connectivity index (χ4v) is 2.50. The molecule has 0 fully saturated rings. The Morgan fingerprint density at radius 2 is 2.05 bits per heavy atom. The second kappa shape index (κ2) is 7.70. The van der Waals surface area contributed by atoms with E-state index in [4.69, 9.17) is 4.74 Å². The van der Waals surface area contributed by atoms with Crippen molar-refractivity contribution in [2.45, 2.75) is 26.3 Å². The van der Waals surface area contributed by atoms with Crippen molar-refractivity contribution in [2.75, 3.05) is 6.61 Å². The summed E-state index contributed by atoms with van der Waals surface area (Å²) < 4.78 is 4.98. The van der Waals surface area contributed by atoms with Gasteiger partial charge in [0.15, 0.2) is 12.3 Å². The van der Waals surface area contributed by atoms with Gasteiger partial charge in [0, 0.05) is 17.0 Å². The fourth-order valence-electron chi connectivity index (χ4n) is 1.70. The zero-order valence-corrected chi connectivity index (χ0v) is 13.4. The van der Waals surface area contributed by atoms with Crippen molar-refractivity contribution in [1.82, 2.24) is 10.3 Å². The first-order valence-corrected chi connectivity index (χ1v) is 7.95. The molecule has 1 heterocycles. The Kier molecular flexibility index (Phi) is 5.66. The lowest BCUT2D eigenvalue weighted by molar-refractivity contribution is -0.124. The van der Waals surface area contributed by atoms with Gasteiger partial charge in [0.2, 0.25) is 0 Å². The van der Waals surface area contributed by atoms with E-state index in [1.807, 2.05) is 44.2 Å². The van der Waals surface area contributed by atoms with Gasteiger partial charge in [-0.25, -0.2) is 9.78 Å². The molecule has 5 nitrogen and oxygen atoms in total. The van der Waals surface area contributed by atoms with Crippen molar-refractivity contribution in [3.8, 4) is 10.6 Å². The minimum Gasteiger partial charge on any atom is -0.451 e. The van der Waals surface area contributed by atoms with Gasteiger partial charge >= 0.3 is 5.97 Å². The molecule has 0 radical (unpaired) electrons. The Balaban J connectivity index is 1.91. The minimum atomic E-state index is -0.585. The van der Waals surface area contributed by atoms with Gasteiger partial charge in [-0.2, -0.15) is 0 Å². The Morgan fingerprint density at radius 1 is 1.32 bits per heavy atom. The first kappa shape index (κ1) is 16.2. The number of hydrogen-bond donors (Lipinski definition) is 1. The molecule has 2 rings (SSSR count). The SMILES string of the molecule is CCC(C)NC(=O)COC(=O)c1csc(-c2ccccc2)n1. The van der Waals surface area contributed by atoms with Gasteiger partial charge in [-0.1, -0.05) is 37.3 Å². The van der Waals surface area contributed by atoms with E-state index in [0.29, 0.717) is 0 Å². The molecule has 1 N–H and O–H groups in total. The van der Waals surface area contributed by atoms with E-state index in [2.05, 4.69) is 10.3 Å². The van der Waals surface area contributed by atoms with Crippen LogP contribution in [-0.2, 0) is 9.53 Å². The molecule has 1 amide bonds. The van der Waals surface area contributed by atoms with Crippen LogP contribution in [0, 0.1) is 0 Å². The van der Waals surface area contributed by atoms with Crippen molar-refractivity contribution in [3.05, 3.63) is 41.4 Å². The third-order valence-corrected chi connectivity index (χ3v) is 3.98. The molecule has 0 aliphatic heterocycles. The number of benzene rings is 1. The number of carbonyl (C=O) groups is 2. The predicted octanol–water partition coefficient (Wildman–Crippen LogP) is 2.88. The predicted molar refractivity (Wildman–Crippen MR) is 85.7 cm³/mol. The molecule has 22 heavy (non-hydrogen) atoms. The largest absolute Gasteiger partial charge is 0.451 e. The summed E-state index contributed by atoms with van der Waals surface area (Å²) in [6.07, 6.45) is 0.826. The summed E-state index contributed by atoms with van der Waals surface area (Å²) >= 11 is 1.37. The topological polar surface area (TPSA) is 68.3 Å². The number of amides is 1. The van der Waals surface area contributed by atoms with E-state index in [0.717, 1.165) is 17.0 Å². The molecule has 1 atom stereocenters. The molecular formula is C16H18N2O3S. The molecule has 6 heteroatoms. The van der Waals surface area contributed by atoms with Gasteiger partial charge in [0.1, 0.15) is 5.01 Å². The van der Waals surface area contributed by atoms with Crippen LogP contribution in [0.3, 0.4) is 0 Å². The van der Waals surface area contributed by atoms with Crippen molar-refractivity contribution in [3.63, 3.8) is 0 Å². The maximum absolute atomic E-state index is 11.9. The van der Waals surface area contributed by atoms with Crippen LogP contribution in [0.1, 0.15) is 30.8 Å². The van der Waals surface area contributed by atoms with Crippen LogP contribution in [0.2, 0.25) is 0 Å². The van der Waals surface area contributed by atoms with Crippen LogP contribution >= 0.6 is 11.3 Å². The zero-order valence-electron chi connectivity index (χ0n) is 12.5. The van der Waals surface area contributed by atoms with Gasteiger partial charge in [-0.05, 0) is 13.3 Å². The summed E-state index contributed by atoms with van der Waals surface area (Å²) in [4.78, 5) is 27.7. The monoisotopic (exact) mass is 318 g/mol. The quantitative estimate of drug-likeness (QED) is 0.832. The molecule has 0 bridgehead atoms. The zero-order chi connectivity index (χ0) is 15.9. The van der Waals surface area contributed by atoms with Crippen molar-refractivity contribution < 1.29 is 14.3 Å². The minimum absolute atomic E-state index is 0.0650. The maximum atomic E-state index is 11.9. The van der Waals surface area contributed by atoms with E-state index < -0.39 is 5.97 Å². The third-order valence-electron chi connectivity index (χ3n) is 3.09. The van der Waals surface area contributed by atoms with Crippen molar-refractivity contribution in [2.24, 2.45) is 0 Å². The molecule has 1 aromatic carbocycles. The first-order chi connectivity index (χ1) is 10.6. The summed E-state index contributed by atoms with van der Waals surface area (Å²) in [5.74, 6) is -0.890. The molecule has 0 spiro atoms. The van der Waals surface area contributed by atoms with Gasteiger partial charge in [-0.3, -0.25) is 4.79 Å². The summed E-state index contributed by atoms with van der Waals surface area (Å²) in [5, 5.41) is 5.12. The number of esters is 1. The summed E-state index contributed by atoms with van der Waals surface area (Å²) in [6, 6.07) is 9.65. The molecule has 0 aliphatic rings. The molecule has 0 saturated carbocycles. The highest BCUT2D eigenvalue weighted by Crippen LogP contribution is 2.23. The fraction of sp³-hybridized carbons (Fsp3) is 0.312. The lowest BCUT2D eigenvalue weighted by Crippen LogP contribution is -2.35. The lowest BCUT2D eigenvalue weighted by atomic mass is 10.2. The highest BCUT2D eigenvalue weighted by Gasteiger charge is 2.15. The van der Waals surface area contributed by atoms with Crippen molar-refractivity contribution >= 4 is 23.2 Å². The molecule has 1 unspecified atom stereocenters. The number of aromatic nitrogens is 1. The van der Waals surface area contributed by atoms with Crippen LogP contribution in [0.5, 0.6) is 0 Å². The van der Waals surface area contributed by atoms with E-state index in [1.54, 1.807) is 5.38 Å². The van der Waals surface area contributed by atoms with Crippen LogP contribution < -0.4 is 5.32 Å². The average Bonchev–Trinajstić information content (AvgIpc) is 3.03. The van der Waals surface area contributed by atoms with Crippen LogP contribution in [0.15, 0.2) is 35.7 Å². The normalized spacial score (nSPS) is 11.7. The molecule has 0 aliphatic carbocycles. The third kappa shape index (κ3) is 4.39. The Bertz CT molecular complexity index is 640. The van der Waals surface area contributed by atoms with Crippen molar-refractivity contribution in [1.29, 1.82) is 0 Å². The average molecular weight is 318 g/mol. The summed E-state index contributed by atoms with van der Waals surface area (Å²) in [6.45, 7) is 3.57. The van der Waals surface area contributed by atoms with Gasteiger partial charge in [0.25, 0.3) is 5.91 Å². The van der Waals surface area contributed by atoms with E-state index in [1.165, 1.54) is 11.3 Å². The summed E-state index contributed by atoms with van der Waals surface area (Å²) in [5.41, 5.74) is 1.17.